The van der Waals surface area contributed by atoms with Gasteiger partial charge in [-0.2, -0.15) is 0 Å². The molecule has 0 saturated carbocycles. The molecule has 1 aromatic carbocycles. The van der Waals surface area contributed by atoms with E-state index in [0.717, 1.165) is 0 Å². The number of nitrogens with zero attached hydrogens (tertiary/aromatic N) is 2. The Morgan fingerprint density at radius 1 is 1.29 bits per heavy atom. The fraction of sp³-hybridized carbons (Fsp3) is 0.214. The van der Waals surface area contributed by atoms with Crippen LogP contribution in [0, 0.1) is 22.9 Å². The average Bonchev–Trinajstić information content (AvgIpc) is 2.46. The Labute approximate surface area is 120 Å². The van der Waals surface area contributed by atoms with Crippen LogP contribution in [-0.4, -0.2) is 17.0 Å². The summed E-state index contributed by atoms with van der Waals surface area (Å²) in [6.07, 6.45) is 0. The maximum atomic E-state index is 13.5. The van der Waals surface area contributed by atoms with Crippen molar-refractivity contribution in [3.05, 3.63) is 57.5 Å². The first-order valence-electron chi connectivity index (χ1n) is 6.08. The molecule has 0 bridgehead atoms. The van der Waals surface area contributed by atoms with Gasteiger partial charge in [0.25, 0.3) is 0 Å². The first kappa shape index (κ1) is 14.7. The largest absolute Gasteiger partial charge is 0.494 e. The number of pyridine rings is 1. The molecule has 1 aromatic heterocycles. The van der Waals surface area contributed by atoms with Crippen LogP contribution in [0.5, 0.6) is 11.5 Å². The number of hydrogen-bond donors (Lipinski definition) is 0. The fourth-order valence-corrected chi connectivity index (χ4v) is 1.73. The molecular formula is C14H13FN2O4. The first-order chi connectivity index (χ1) is 10.0. The Balaban J connectivity index is 2.16. The summed E-state index contributed by atoms with van der Waals surface area (Å²) in [6, 6.07) is 7.43. The number of hydrogen-bond acceptors (Lipinski definition) is 5. The minimum Gasteiger partial charge on any atom is -0.494 e. The monoisotopic (exact) mass is 292 g/mol. The Morgan fingerprint density at radius 3 is 2.62 bits per heavy atom. The number of rotatable bonds is 5. The van der Waals surface area contributed by atoms with Gasteiger partial charge in [0, 0.05) is 6.92 Å². The molecule has 0 aliphatic heterocycles. The molecule has 0 unspecified atom stereocenters. The lowest BCUT2D eigenvalue weighted by atomic mass is 10.2. The van der Waals surface area contributed by atoms with E-state index in [0.29, 0.717) is 11.3 Å². The van der Waals surface area contributed by atoms with Crippen molar-refractivity contribution in [2.24, 2.45) is 0 Å². The van der Waals surface area contributed by atoms with Crippen molar-refractivity contribution in [2.45, 2.75) is 13.5 Å². The summed E-state index contributed by atoms with van der Waals surface area (Å²) in [5, 5.41) is 10.9. The van der Waals surface area contributed by atoms with Gasteiger partial charge in [-0.25, -0.2) is 4.39 Å². The lowest BCUT2D eigenvalue weighted by Gasteiger charge is -2.08. The van der Waals surface area contributed by atoms with E-state index in [9.17, 15) is 14.5 Å². The molecule has 0 N–H and O–H groups in total. The lowest BCUT2D eigenvalue weighted by molar-refractivity contribution is -0.390. The van der Waals surface area contributed by atoms with Crippen LogP contribution in [0.1, 0.15) is 11.3 Å². The van der Waals surface area contributed by atoms with E-state index in [1.165, 1.54) is 25.3 Å². The number of ether oxygens (including phenoxy) is 2. The van der Waals surface area contributed by atoms with E-state index in [1.54, 1.807) is 19.1 Å². The number of nitro groups is 1. The van der Waals surface area contributed by atoms with Gasteiger partial charge in [-0.3, -0.25) is 0 Å². The minimum absolute atomic E-state index is 0.00745. The molecule has 21 heavy (non-hydrogen) atoms. The Morgan fingerprint density at radius 2 is 2.00 bits per heavy atom. The van der Waals surface area contributed by atoms with Crippen molar-refractivity contribution in [3.8, 4) is 11.5 Å². The molecule has 0 radical (unpaired) electrons. The number of halogens is 1. The van der Waals surface area contributed by atoms with Crippen LogP contribution >= 0.6 is 0 Å². The lowest BCUT2D eigenvalue weighted by Crippen LogP contribution is -2.02. The molecule has 0 aliphatic rings. The van der Waals surface area contributed by atoms with Crippen molar-refractivity contribution < 1.29 is 18.8 Å². The molecule has 2 aromatic rings. The highest BCUT2D eigenvalue weighted by atomic mass is 19.1. The fourth-order valence-electron chi connectivity index (χ4n) is 1.73. The molecule has 0 fully saturated rings. The zero-order valence-corrected chi connectivity index (χ0v) is 11.5. The van der Waals surface area contributed by atoms with Crippen molar-refractivity contribution in [2.75, 3.05) is 7.11 Å². The Kier molecular flexibility index (Phi) is 4.32. The highest BCUT2D eigenvalue weighted by molar-refractivity contribution is 5.40. The summed E-state index contributed by atoms with van der Waals surface area (Å²) in [5.41, 5.74) is 1.05. The van der Waals surface area contributed by atoms with Gasteiger partial charge < -0.3 is 19.6 Å². The first-order valence-corrected chi connectivity index (χ1v) is 6.08. The third-order valence-electron chi connectivity index (χ3n) is 2.76. The quantitative estimate of drug-likeness (QED) is 0.625. The predicted molar refractivity (Wildman–Crippen MR) is 72.9 cm³/mol. The van der Waals surface area contributed by atoms with Crippen LogP contribution in [0.15, 0.2) is 30.3 Å². The number of benzene rings is 1. The van der Waals surface area contributed by atoms with Crippen LogP contribution in [-0.2, 0) is 6.61 Å². The third kappa shape index (κ3) is 3.44. The summed E-state index contributed by atoms with van der Waals surface area (Å²) in [6.45, 7) is 1.64. The highest BCUT2D eigenvalue weighted by Crippen LogP contribution is 2.26. The standard InChI is InChI=1S/C14H13FN2O4/c1-9-3-5-13(14(16-9)17(18)19)21-8-10-4-6-12(20-2)11(15)7-10/h3-7H,8H2,1-2H3. The van der Waals surface area contributed by atoms with Crippen LogP contribution in [0.3, 0.4) is 0 Å². The van der Waals surface area contributed by atoms with E-state index in [1.807, 2.05) is 0 Å². The van der Waals surface area contributed by atoms with Crippen molar-refractivity contribution in [1.29, 1.82) is 0 Å². The van der Waals surface area contributed by atoms with E-state index < -0.39 is 10.7 Å². The summed E-state index contributed by atoms with van der Waals surface area (Å²) in [4.78, 5) is 14.1. The number of aryl methyl sites for hydroxylation is 1. The molecule has 0 atom stereocenters. The summed E-state index contributed by atoms with van der Waals surface area (Å²) >= 11 is 0. The normalized spacial score (nSPS) is 10.2. The Hall–Kier alpha value is -2.70. The van der Waals surface area contributed by atoms with Crippen molar-refractivity contribution in [3.63, 3.8) is 0 Å². The van der Waals surface area contributed by atoms with Crippen LogP contribution in [0.4, 0.5) is 10.2 Å². The van der Waals surface area contributed by atoms with Crippen LogP contribution < -0.4 is 9.47 Å². The number of aromatic nitrogens is 1. The van der Waals surface area contributed by atoms with Gasteiger partial charge in [0.1, 0.15) is 12.3 Å². The van der Waals surface area contributed by atoms with E-state index in [-0.39, 0.29) is 23.9 Å². The molecule has 7 heteroatoms. The molecule has 1 heterocycles. The molecule has 110 valence electrons. The van der Waals surface area contributed by atoms with Crippen LogP contribution in [0.2, 0.25) is 0 Å². The van der Waals surface area contributed by atoms with E-state index in [4.69, 9.17) is 9.47 Å². The van der Waals surface area contributed by atoms with Gasteiger partial charge in [0.05, 0.1) is 7.11 Å². The molecule has 2 rings (SSSR count). The smallest absolute Gasteiger partial charge is 0.406 e. The summed E-state index contributed by atoms with van der Waals surface area (Å²) in [5.74, 6) is -0.706. The van der Waals surface area contributed by atoms with Gasteiger partial charge in [-0.05, 0) is 39.7 Å². The van der Waals surface area contributed by atoms with Crippen molar-refractivity contribution >= 4 is 5.82 Å². The zero-order valence-electron chi connectivity index (χ0n) is 11.5. The number of methoxy groups -OCH3 is 1. The minimum atomic E-state index is -0.614. The van der Waals surface area contributed by atoms with Gasteiger partial charge in [0.2, 0.25) is 5.75 Å². The second-order valence-electron chi connectivity index (χ2n) is 4.29. The Bertz CT molecular complexity index is 676. The van der Waals surface area contributed by atoms with Gasteiger partial charge in [0.15, 0.2) is 11.6 Å². The zero-order chi connectivity index (χ0) is 15.4. The van der Waals surface area contributed by atoms with E-state index in [2.05, 4.69) is 4.98 Å². The second-order valence-corrected chi connectivity index (χ2v) is 4.29. The maximum Gasteiger partial charge on any atom is 0.406 e. The van der Waals surface area contributed by atoms with Gasteiger partial charge in [-0.15, -0.1) is 0 Å². The molecule has 0 saturated heterocycles. The second kappa shape index (κ2) is 6.17. The summed E-state index contributed by atoms with van der Waals surface area (Å²) in [7, 11) is 1.37. The molecule has 0 aliphatic carbocycles. The molecule has 0 spiro atoms. The average molecular weight is 292 g/mol. The molecule has 0 amide bonds. The van der Waals surface area contributed by atoms with E-state index >= 15 is 0 Å². The highest BCUT2D eigenvalue weighted by Gasteiger charge is 2.17. The van der Waals surface area contributed by atoms with Gasteiger partial charge >= 0.3 is 5.82 Å². The third-order valence-corrected chi connectivity index (χ3v) is 2.76. The van der Waals surface area contributed by atoms with Crippen LogP contribution in [0.25, 0.3) is 0 Å². The van der Waals surface area contributed by atoms with Crippen molar-refractivity contribution in [1.82, 2.24) is 4.98 Å². The topological polar surface area (TPSA) is 74.5 Å². The predicted octanol–water partition coefficient (Wildman–Crippen LogP) is 3.02. The SMILES string of the molecule is COc1ccc(COc2ccc(C)nc2[N+](=O)[O-])cc1F. The van der Waals surface area contributed by atoms with Gasteiger partial charge in [-0.1, -0.05) is 6.07 Å². The maximum absolute atomic E-state index is 13.5. The summed E-state index contributed by atoms with van der Waals surface area (Å²) < 4.78 is 23.7. The molecule has 6 nitrogen and oxygen atoms in total. The molecular weight excluding hydrogens is 279 g/mol.